The summed E-state index contributed by atoms with van der Waals surface area (Å²) in [5.41, 5.74) is 15.8. The lowest BCUT2D eigenvalue weighted by Crippen LogP contribution is -2.09. The zero-order valence-electron chi connectivity index (χ0n) is 32.4. The molecule has 1 nitrogen and oxygen atoms in total. The summed E-state index contributed by atoms with van der Waals surface area (Å²) in [6, 6.07) is 73.0. The van der Waals surface area contributed by atoms with Crippen molar-refractivity contribution in [1.82, 2.24) is 0 Å². The molecule has 0 saturated heterocycles. The fourth-order valence-electron chi connectivity index (χ4n) is 10.1. The van der Waals surface area contributed by atoms with E-state index in [9.17, 15) is 0 Å². The van der Waals surface area contributed by atoms with E-state index in [0.717, 1.165) is 28.4 Å². The van der Waals surface area contributed by atoms with Gasteiger partial charge in [-0.3, -0.25) is 0 Å². The molecule has 0 spiro atoms. The molecule has 11 aromatic rings. The molecule has 10 aromatic carbocycles. The van der Waals surface area contributed by atoms with E-state index < -0.39 is 0 Å². The topological polar surface area (TPSA) is 13.1 Å². The van der Waals surface area contributed by atoms with Crippen LogP contribution in [0.25, 0.3) is 105 Å². The van der Waals surface area contributed by atoms with E-state index in [0.29, 0.717) is 0 Å². The molecular weight excluding hydrogens is 713 g/mol. The van der Waals surface area contributed by atoms with Crippen molar-refractivity contribution < 1.29 is 4.42 Å². The molecule has 12 rings (SSSR count). The van der Waals surface area contributed by atoms with Gasteiger partial charge in [0.15, 0.2) is 0 Å². The Morgan fingerprint density at radius 3 is 1.49 bits per heavy atom. The lowest BCUT2D eigenvalue weighted by Gasteiger charge is -2.27. The van der Waals surface area contributed by atoms with E-state index in [1.807, 2.05) is 0 Å². The third-order valence-corrected chi connectivity index (χ3v) is 12.6. The summed E-state index contributed by atoms with van der Waals surface area (Å²) in [5, 5.41) is 9.79. The van der Waals surface area contributed by atoms with E-state index in [1.54, 1.807) is 0 Å². The van der Waals surface area contributed by atoms with Gasteiger partial charge in [-0.25, -0.2) is 0 Å². The predicted molar refractivity (Wildman–Crippen MR) is 250 cm³/mol. The van der Waals surface area contributed by atoms with Crippen LogP contribution in [0, 0.1) is 0 Å². The quantitative estimate of drug-likeness (QED) is 0.160. The summed E-state index contributed by atoms with van der Waals surface area (Å²) in [7, 11) is 0. The van der Waals surface area contributed by atoms with Crippen LogP contribution >= 0.6 is 0 Å². The first-order chi connectivity index (χ1) is 29.3. The molecular formula is C58H38O. The molecule has 0 N–H and O–H groups in total. The monoisotopic (exact) mass is 750 g/mol. The second-order valence-corrected chi connectivity index (χ2v) is 15.8. The third kappa shape index (κ3) is 5.32. The number of allylic oxidation sites excluding steroid dienone is 1. The zero-order chi connectivity index (χ0) is 38.9. The summed E-state index contributed by atoms with van der Waals surface area (Å²) < 4.78 is 6.76. The van der Waals surface area contributed by atoms with Crippen LogP contribution in [-0.2, 0) is 6.42 Å². The van der Waals surface area contributed by atoms with Crippen molar-refractivity contribution in [2.75, 3.05) is 0 Å². The summed E-state index contributed by atoms with van der Waals surface area (Å²) in [6.45, 7) is 0. The van der Waals surface area contributed by atoms with Crippen molar-refractivity contribution in [3.63, 3.8) is 0 Å². The van der Waals surface area contributed by atoms with Crippen LogP contribution in [-0.4, -0.2) is 0 Å². The standard InChI is InChI=1S/C58H38O/c1-4-17-37(18-5-1)40-31-33-48-50(35-40)55(39-21-8-3-9-22-39)46-27-14-15-28-47(46)57(48)49-29-16-30-53-58(49)51-36-41(32-34-52(51)59-53)56-44-25-12-10-23-42(44)54(38-19-6-2-7-20-38)43-24-11-13-26-45(43)56/h1-34,36,40H,35H2. The zero-order valence-corrected chi connectivity index (χ0v) is 32.4. The minimum Gasteiger partial charge on any atom is -0.456 e. The molecule has 1 heteroatoms. The van der Waals surface area contributed by atoms with Gasteiger partial charge in [-0.2, -0.15) is 0 Å². The van der Waals surface area contributed by atoms with Gasteiger partial charge in [0.1, 0.15) is 11.2 Å². The van der Waals surface area contributed by atoms with Crippen LogP contribution in [0.3, 0.4) is 0 Å². The molecule has 1 aliphatic carbocycles. The van der Waals surface area contributed by atoms with Crippen molar-refractivity contribution in [3.8, 4) is 44.5 Å². The van der Waals surface area contributed by atoms with Crippen LogP contribution in [0.5, 0.6) is 0 Å². The Morgan fingerprint density at radius 2 is 0.881 bits per heavy atom. The van der Waals surface area contributed by atoms with Gasteiger partial charge in [-0.05, 0) is 118 Å². The lowest BCUT2D eigenvalue weighted by molar-refractivity contribution is 0.669. The van der Waals surface area contributed by atoms with E-state index in [-0.39, 0.29) is 5.92 Å². The molecule has 0 saturated carbocycles. The van der Waals surface area contributed by atoms with Crippen molar-refractivity contribution in [2.24, 2.45) is 0 Å². The highest BCUT2D eigenvalue weighted by atomic mass is 16.3. The summed E-state index contributed by atoms with van der Waals surface area (Å²) >= 11 is 0. The molecule has 0 bridgehead atoms. The summed E-state index contributed by atoms with van der Waals surface area (Å²) in [4.78, 5) is 0. The van der Waals surface area contributed by atoms with Crippen LogP contribution in [0.1, 0.15) is 22.6 Å². The first-order valence-corrected chi connectivity index (χ1v) is 20.6. The van der Waals surface area contributed by atoms with E-state index >= 15 is 0 Å². The third-order valence-electron chi connectivity index (χ3n) is 12.6. The number of benzene rings is 10. The number of fused-ring (bicyclic) bond motifs is 7. The minimum atomic E-state index is 0.284. The fourth-order valence-corrected chi connectivity index (χ4v) is 10.1. The van der Waals surface area contributed by atoms with Gasteiger partial charge in [0.25, 0.3) is 0 Å². The molecule has 1 aromatic heterocycles. The van der Waals surface area contributed by atoms with Crippen molar-refractivity contribution in [1.29, 1.82) is 0 Å². The van der Waals surface area contributed by atoms with Crippen LogP contribution < -0.4 is 0 Å². The van der Waals surface area contributed by atoms with Crippen LogP contribution in [0.4, 0.5) is 0 Å². The van der Waals surface area contributed by atoms with Gasteiger partial charge in [-0.15, -0.1) is 0 Å². The number of rotatable bonds is 5. The van der Waals surface area contributed by atoms with Gasteiger partial charge < -0.3 is 4.42 Å². The summed E-state index contributed by atoms with van der Waals surface area (Å²) in [5.74, 6) is 0.284. The van der Waals surface area contributed by atoms with Crippen LogP contribution in [0.15, 0.2) is 211 Å². The maximum absolute atomic E-state index is 6.76. The van der Waals surface area contributed by atoms with Crippen molar-refractivity contribution >= 4 is 60.3 Å². The molecule has 59 heavy (non-hydrogen) atoms. The average molecular weight is 751 g/mol. The van der Waals surface area contributed by atoms with E-state index in [2.05, 4.69) is 212 Å². The minimum absolute atomic E-state index is 0.284. The molecule has 0 fully saturated rings. The largest absolute Gasteiger partial charge is 0.456 e. The highest BCUT2D eigenvalue weighted by Crippen LogP contribution is 2.50. The maximum atomic E-state index is 6.76. The molecule has 1 atom stereocenters. The molecule has 1 unspecified atom stereocenters. The smallest absolute Gasteiger partial charge is 0.136 e. The Kier molecular flexibility index (Phi) is 7.74. The van der Waals surface area contributed by atoms with Gasteiger partial charge in [-0.1, -0.05) is 194 Å². The van der Waals surface area contributed by atoms with Gasteiger partial charge in [0.2, 0.25) is 0 Å². The lowest BCUT2D eigenvalue weighted by atomic mass is 9.76. The fraction of sp³-hybridized carbons (Fsp3) is 0.0345. The van der Waals surface area contributed by atoms with E-state index in [1.165, 1.54) is 93.5 Å². The number of hydrogen-bond acceptors (Lipinski definition) is 1. The average Bonchev–Trinajstić information content (AvgIpc) is 3.69. The summed E-state index contributed by atoms with van der Waals surface area (Å²) in [6.07, 6.45) is 5.75. The normalized spacial score (nSPS) is 13.8. The van der Waals surface area contributed by atoms with Crippen LogP contribution in [0.2, 0.25) is 0 Å². The second-order valence-electron chi connectivity index (χ2n) is 15.8. The highest BCUT2D eigenvalue weighted by Gasteiger charge is 2.27. The Morgan fingerprint density at radius 1 is 0.373 bits per heavy atom. The van der Waals surface area contributed by atoms with Gasteiger partial charge in [0.05, 0.1) is 0 Å². The second kappa shape index (κ2) is 13.6. The maximum Gasteiger partial charge on any atom is 0.136 e. The molecule has 1 aliphatic rings. The van der Waals surface area contributed by atoms with Gasteiger partial charge in [0, 0.05) is 16.7 Å². The molecule has 0 radical (unpaired) electrons. The van der Waals surface area contributed by atoms with Gasteiger partial charge >= 0.3 is 0 Å². The molecule has 276 valence electrons. The van der Waals surface area contributed by atoms with E-state index in [4.69, 9.17) is 4.42 Å². The Hall–Kier alpha value is -7.48. The molecule has 0 aliphatic heterocycles. The first kappa shape index (κ1) is 33.6. The highest BCUT2D eigenvalue weighted by molar-refractivity contribution is 6.23. The Bertz CT molecular complexity index is 3390. The van der Waals surface area contributed by atoms with Crippen molar-refractivity contribution in [3.05, 3.63) is 223 Å². The predicted octanol–water partition coefficient (Wildman–Crippen LogP) is 16.1. The Balaban J connectivity index is 1.14. The SMILES string of the molecule is C1=CC(c2ccccc2)Cc2c1c(-c1cccc3oc4ccc(-c5c6ccccc6c(-c6ccccc6)c6ccccc56)cc4c13)c1ccccc1c2-c1ccccc1. The number of furan rings is 1. The molecule has 1 heterocycles. The Labute approximate surface area is 343 Å². The van der Waals surface area contributed by atoms with Crippen molar-refractivity contribution in [2.45, 2.75) is 12.3 Å². The molecule has 0 amide bonds. The first-order valence-electron chi connectivity index (χ1n) is 20.6. The number of hydrogen-bond donors (Lipinski definition) is 0.